The van der Waals surface area contributed by atoms with Crippen LogP contribution in [-0.2, 0) is 11.3 Å². The summed E-state index contributed by atoms with van der Waals surface area (Å²) in [6, 6.07) is 15.3. The minimum absolute atomic E-state index is 0.0142. The molecule has 5 nitrogen and oxygen atoms in total. The first-order valence-corrected chi connectivity index (χ1v) is 9.95. The number of hydrogen-bond donors (Lipinski definition) is 0. The van der Waals surface area contributed by atoms with E-state index in [0.717, 1.165) is 11.1 Å². The average molecular weight is 421 g/mol. The number of benzene rings is 2. The minimum Gasteiger partial charge on any atom is -0.348 e. The van der Waals surface area contributed by atoms with Crippen molar-refractivity contribution in [2.45, 2.75) is 11.7 Å². The van der Waals surface area contributed by atoms with Gasteiger partial charge >= 0.3 is 0 Å². The SMILES string of the molecule is CN(C)C(=O)CSc1nnc(-c2ccc(Cl)cc2Cl)n1Cc1ccccc1. The van der Waals surface area contributed by atoms with Gasteiger partial charge in [0.1, 0.15) is 0 Å². The lowest BCUT2D eigenvalue weighted by Gasteiger charge is -2.13. The van der Waals surface area contributed by atoms with Crippen LogP contribution in [0.25, 0.3) is 11.4 Å². The molecule has 0 N–H and O–H groups in total. The standard InChI is InChI=1S/C19H18Cl2N4OS/c1-24(2)17(26)12-27-19-23-22-18(15-9-8-14(20)10-16(15)21)25(19)11-13-6-4-3-5-7-13/h3-10H,11-12H2,1-2H3. The van der Waals surface area contributed by atoms with Gasteiger partial charge in [-0.2, -0.15) is 0 Å². The number of carbonyl (C=O) groups excluding carboxylic acids is 1. The van der Waals surface area contributed by atoms with E-state index in [-0.39, 0.29) is 11.7 Å². The van der Waals surface area contributed by atoms with Gasteiger partial charge in [0.2, 0.25) is 5.91 Å². The fourth-order valence-electron chi connectivity index (χ4n) is 2.43. The fourth-order valence-corrected chi connectivity index (χ4v) is 3.84. The van der Waals surface area contributed by atoms with Crippen LogP contribution < -0.4 is 0 Å². The fraction of sp³-hybridized carbons (Fsp3) is 0.211. The van der Waals surface area contributed by atoms with E-state index in [4.69, 9.17) is 23.2 Å². The molecule has 8 heteroatoms. The Balaban J connectivity index is 1.98. The molecule has 2 aromatic carbocycles. The van der Waals surface area contributed by atoms with Crippen molar-refractivity contribution in [3.05, 3.63) is 64.1 Å². The van der Waals surface area contributed by atoms with E-state index in [1.54, 1.807) is 31.1 Å². The molecule has 140 valence electrons. The number of rotatable bonds is 6. The maximum Gasteiger partial charge on any atom is 0.232 e. The zero-order valence-corrected chi connectivity index (χ0v) is 17.2. The number of nitrogens with zero attached hydrogens (tertiary/aromatic N) is 4. The molecule has 0 saturated heterocycles. The maximum absolute atomic E-state index is 12.0. The molecule has 27 heavy (non-hydrogen) atoms. The number of aromatic nitrogens is 3. The molecule has 0 fully saturated rings. The molecule has 1 aromatic heterocycles. The first kappa shape index (κ1) is 19.7. The summed E-state index contributed by atoms with van der Waals surface area (Å²) >= 11 is 13.8. The Bertz CT molecular complexity index is 944. The Kier molecular flexibility index (Phi) is 6.42. The summed E-state index contributed by atoms with van der Waals surface area (Å²) < 4.78 is 1.97. The van der Waals surface area contributed by atoms with Crippen LogP contribution in [0.3, 0.4) is 0 Å². The summed E-state index contributed by atoms with van der Waals surface area (Å²) in [5.41, 5.74) is 1.85. The highest BCUT2D eigenvalue weighted by Gasteiger charge is 2.18. The highest BCUT2D eigenvalue weighted by atomic mass is 35.5. The van der Waals surface area contributed by atoms with Gasteiger partial charge in [0.05, 0.1) is 17.3 Å². The number of carbonyl (C=O) groups is 1. The zero-order valence-electron chi connectivity index (χ0n) is 14.9. The second-order valence-electron chi connectivity index (χ2n) is 6.08. The molecule has 0 spiro atoms. The molecule has 0 radical (unpaired) electrons. The summed E-state index contributed by atoms with van der Waals surface area (Å²) in [5, 5.41) is 10.4. The predicted molar refractivity (Wildman–Crippen MR) is 110 cm³/mol. The van der Waals surface area contributed by atoms with E-state index in [1.807, 2.05) is 41.0 Å². The molecule has 0 bridgehead atoms. The minimum atomic E-state index is 0.0142. The Morgan fingerprint density at radius 3 is 2.52 bits per heavy atom. The normalized spacial score (nSPS) is 10.8. The molecule has 0 saturated carbocycles. The van der Waals surface area contributed by atoms with Gasteiger partial charge in [0.25, 0.3) is 0 Å². The summed E-state index contributed by atoms with van der Waals surface area (Å²) in [5.74, 6) is 0.939. The molecule has 1 amide bonds. The monoisotopic (exact) mass is 420 g/mol. The van der Waals surface area contributed by atoms with Crippen LogP contribution in [0.2, 0.25) is 10.0 Å². The van der Waals surface area contributed by atoms with Crippen molar-refractivity contribution in [2.24, 2.45) is 0 Å². The summed E-state index contributed by atoms with van der Waals surface area (Å²) in [6.07, 6.45) is 0. The summed E-state index contributed by atoms with van der Waals surface area (Å²) in [4.78, 5) is 13.5. The van der Waals surface area contributed by atoms with Crippen molar-refractivity contribution in [3.8, 4) is 11.4 Å². The van der Waals surface area contributed by atoms with Crippen molar-refractivity contribution in [1.29, 1.82) is 0 Å². The van der Waals surface area contributed by atoms with Crippen LogP contribution in [-0.4, -0.2) is 45.4 Å². The van der Waals surface area contributed by atoms with Crippen LogP contribution in [0.1, 0.15) is 5.56 Å². The molecule has 3 aromatic rings. The molecule has 3 rings (SSSR count). The van der Waals surface area contributed by atoms with Gasteiger partial charge in [0.15, 0.2) is 11.0 Å². The van der Waals surface area contributed by atoms with Crippen LogP contribution in [0.15, 0.2) is 53.7 Å². The van der Waals surface area contributed by atoms with Gasteiger partial charge in [-0.05, 0) is 23.8 Å². The Hall–Kier alpha value is -2.02. The largest absolute Gasteiger partial charge is 0.348 e. The second kappa shape index (κ2) is 8.78. The van der Waals surface area contributed by atoms with Crippen LogP contribution in [0, 0.1) is 0 Å². The van der Waals surface area contributed by atoms with Crippen molar-refractivity contribution >= 4 is 40.9 Å². The van der Waals surface area contributed by atoms with E-state index in [2.05, 4.69) is 10.2 Å². The summed E-state index contributed by atoms with van der Waals surface area (Å²) in [7, 11) is 3.47. The van der Waals surface area contributed by atoms with E-state index in [1.165, 1.54) is 11.8 Å². The number of halogens is 2. The van der Waals surface area contributed by atoms with Crippen molar-refractivity contribution in [3.63, 3.8) is 0 Å². The topological polar surface area (TPSA) is 51.0 Å². The third kappa shape index (κ3) is 4.83. The van der Waals surface area contributed by atoms with Crippen LogP contribution in [0.4, 0.5) is 0 Å². The van der Waals surface area contributed by atoms with Crippen molar-refractivity contribution in [2.75, 3.05) is 19.8 Å². The van der Waals surface area contributed by atoms with Crippen molar-refractivity contribution in [1.82, 2.24) is 19.7 Å². The zero-order chi connectivity index (χ0) is 19.4. The van der Waals surface area contributed by atoms with E-state index >= 15 is 0 Å². The number of thioether (sulfide) groups is 1. The van der Waals surface area contributed by atoms with Gasteiger partial charge in [0, 0.05) is 24.7 Å². The smallest absolute Gasteiger partial charge is 0.232 e. The van der Waals surface area contributed by atoms with Gasteiger partial charge < -0.3 is 4.90 Å². The lowest BCUT2D eigenvalue weighted by atomic mass is 10.2. The Morgan fingerprint density at radius 1 is 1.11 bits per heavy atom. The maximum atomic E-state index is 12.0. The molecular weight excluding hydrogens is 403 g/mol. The van der Waals surface area contributed by atoms with Gasteiger partial charge in [-0.3, -0.25) is 9.36 Å². The third-order valence-electron chi connectivity index (χ3n) is 3.90. The first-order chi connectivity index (χ1) is 13.0. The molecule has 0 unspecified atom stereocenters. The highest BCUT2D eigenvalue weighted by molar-refractivity contribution is 7.99. The Labute approximate surface area is 172 Å². The molecule has 0 aliphatic carbocycles. The first-order valence-electron chi connectivity index (χ1n) is 8.21. The molecule has 1 heterocycles. The second-order valence-corrected chi connectivity index (χ2v) is 7.87. The molecule has 0 atom stereocenters. The van der Waals surface area contributed by atoms with Gasteiger partial charge in [-0.1, -0.05) is 65.3 Å². The quantitative estimate of drug-likeness (QED) is 0.551. The third-order valence-corrected chi connectivity index (χ3v) is 5.40. The van der Waals surface area contributed by atoms with Crippen LogP contribution >= 0.6 is 35.0 Å². The summed E-state index contributed by atoms with van der Waals surface area (Å²) in [6.45, 7) is 0.570. The lowest BCUT2D eigenvalue weighted by molar-refractivity contribution is -0.125. The Morgan fingerprint density at radius 2 is 1.85 bits per heavy atom. The van der Waals surface area contributed by atoms with E-state index in [9.17, 15) is 4.79 Å². The lowest BCUT2D eigenvalue weighted by Crippen LogP contribution is -2.23. The predicted octanol–water partition coefficient (Wildman–Crippen LogP) is 4.48. The number of hydrogen-bond acceptors (Lipinski definition) is 4. The molecule has 0 aliphatic heterocycles. The van der Waals surface area contributed by atoms with Crippen molar-refractivity contribution < 1.29 is 4.79 Å². The van der Waals surface area contributed by atoms with E-state index < -0.39 is 0 Å². The highest BCUT2D eigenvalue weighted by Crippen LogP contribution is 2.32. The average Bonchev–Trinajstić information content (AvgIpc) is 3.03. The molecule has 0 aliphatic rings. The molecular formula is C19H18Cl2N4OS. The van der Waals surface area contributed by atoms with Gasteiger partial charge in [-0.25, -0.2) is 0 Å². The van der Waals surface area contributed by atoms with Crippen LogP contribution in [0.5, 0.6) is 0 Å². The number of amides is 1. The van der Waals surface area contributed by atoms with E-state index in [0.29, 0.717) is 27.6 Å². The van der Waals surface area contributed by atoms with Gasteiger partial charge in [-0.15, -0.1) is 10.2 Å².